The van der Waals surface area contributed by atoms with Crippen molar-refractivity contribution >= 4 is 11.6 Å². The predicted octanol–water partition coefficient (Wildman–Crippen LogP) is 3.33. The van der Waals surface area contributed by atoms with Crippen molar-refractivity contribution in [1.29, 1.82) is 0 Å². The van der Waals surface area contributed by atoms with Crippen LogP contribution in [0.4, 0.5) is 5.69 Å². The monoisotopic (exact) mass is 297 g/mol. The Labute approximate surface area is 132 Å². The van der Waals surface area contributed by atoms with Crippen LogP contribution in [0.5, 0.6) is 0 Å². The molecule has 1 N–H and O–H groups in total. The van der Waals surface area contributed by atoms with Crippen molar-refractivity contribution in [3.8, 4) is 0 Å². The SMILES string of the molecule is Cc1ccc(NC(=O)CN(C)C(C)c2ccncc2)c(C)c1. The van der Waals surface area contributed by atoms with Crippen LogP contribution >= 0.6 is 0 Å². The van der Waals surface area contributed by atoms with Gasteiger partial charge in [-0.05, 0) is 57.1 Å². The van der Waals surface area contributed by atoms with Crippen LogP contribution in [0, 0.1) is 13.8 Å². The van der Waals surface area contributed by atoms with E-state index in [1.165, 1.54) is 5.56 Å². The highest BCUT2D eigenvalue weighted by molar-refractivity contribution is 5.93. The fraction of sp³-hybridized carbons (Fsp3) is 0.333. The molecule has 1 amide bonds. The van der Waals surface area contributed by atoms with Crippen molar-refractivity contribution in [2.24, 2.45) is 0 Å². The number of anilines is 1. The number of pyridine rings is 1. The Hall–Kier alpha value is -2.20. The van der Waals surface area contributed by atoms with E-state index in [0.29, 0.717) is 6.54 Å². The molecule has 0 spiro atoms. The lowest BCUT2D eigenvalue weighted by Gasteiger charge is -2.24. The minimum absolute atomic E-state index is 0.00430. The smallest absolute Gasteiger partial charge is 0.238 e. The summed E-state index contributed by atoms with van der Waals surface area (Å²) in [5, 5.41) is 2.98. The Morgan fingerprint density at radius 2 is 1.91 bits per heavy atom. The van der Waals surface area contributed by atoms with Crippen LogP contribution in [-0.2, 0) is 4.79 Å². The fourth-order valence-corrected chi connectivity index (χ4v) is 2.40. The van der Waals surface area contributed by atoms with Crippen molar-refractivity contribution in [1.82, 2.24) is 9.88 Å². The minimum Gasteiger partial charge on any atom is -0.325 e. The van der Waals surface area contributed by atoms with Gasteiger partial charge in [-0.2, -0.15) is 0 Å². The van der Waals surface area contributed by atoms with E-state index in [2.05, 4.69) is 23.3 Å². The second kappa shape index (κ2) is 7.18. The molecule has 0 saturated heterocycles. The molecule has 0 radical (unpaired) electrons. The summed E-state index contributed by atoms with van der Waals surface area (Å²) >= 11 is 0. The average molecular weight is 297 g/mol. The second-order valence-electron chi connectivity index (χ2n) is 5.74. The second-order valence-corrected chi connectivity index (χ2v) is 5.74. The standard InChI is InChI=1S/C18H23N3O/c1-13-5-6-17(14(2)11-13)20-18(22)12-21(4)15(3)16-7-9-19-10-8-16/h5-11,15H,12H2,1-4H3,(H,20,22). The van der Waals surface area contributed by atoms with Crippen LogP contribution in [0.2, 0.25) is 0 Å². The quantitative estimate of drug-likeness (QED) is 0.920. The van der Waals surface area contributed by atoms with E-state index in [4.69, 9.17) is 0 Å². The number of likely N-dealkylation sites (N-methyl/N-ethyl adjacent to an activating group) is 1. The minimum atomic E-state index is -0.00430. The molecule has 2 rings (SSSR count). The van der Waals surface area contributed by atoms with E-state index in [0.717, 1.165) is 16.8 Å². The number of aryl methyl sites for hydroxylation is 2. The molecule has 0 aliphatic carbocycles. The molecule has 1 aromatic heterocycles. The highest BCUT2D eigenvalue weighted by Gasteiger charge is 2.15. The molecule has 1 atom stereocenters. The Morgan fingerprint density at radius 3 is 2.55 bits per heavy atom. The van der Waals surface area contributed by atoms with Gasteiger partial charge in [0.25, 0.3) is 0 Å². The maximum atomic E-state index is 12.2. The zero-order chi connectivity index (χ0) is 16.1. The van der Waals surface area contributed by atoms with Gasteiger partial charge in [0.2, 0.25) is 5.91 Å². The lowest BCUT2D eigenvalue weighted by molar-refractivity contribution is -0.117. The van der Waals surface area contributed by atoms with E-state index in [9.17, 15) is 4.79 Å². The number of carbonyl (C=O) groups is 1. The summed E-state index contributed by atoms with van der Waals surface area (Å²) in [5.41, 5.74) is 4.30. The highest BCUT2D eigenvalue weighted by atomic mass is 16.2. The molecule has 1 heterocycles. The summed E-state index contributed by atoms with van der Waals surface area (Å²) in [5.74, 6) is -0.00430. The largest absolute Gasteiger partial charge is 0.325 e. The third-order valence-electron chi connectivity index (χ3n) is 3.90. The molecular formula is C18H23N3O. The van der Waals surface area contributed by atoms with E-state index in [1.54, 1.807) is 12.4 Å². The zero-order valence-corrected chi connectivity index (χ0v) is 13.6. The van der Waals surface area contributed by atoms with Crippen LogP contribution in [0.25, 0.3) is 0 Å². The molecule has 22 heavy (non-hydrogen) atoms. The summed E-state index contributed by atoms with van der Waals surface area (Å²) in [6, 6.07) is 10.1. The third kappa shape index (κ3) is 4.15. The topological polar surface area (TPSA) is 45.2 Å². The first kappa shape index (κ1) is 16.2. The molecule has 2 aromatic rings. The van der Waals surface area contributed by atoms with E-state index >= 15 is 0 Å². The number of rotatable bonds is 5. The van der Waals surface area contributed by atoms with Crippen LogP contribution in [0.3, 0.4) is 0 Å². The number of aromatic nitrogens is 1. The number of hydrogen-bond acceptors (Lipinski definition) is 3. The Morgan fingerprint density at radius 1 is 1.23 bits per heavy atom. The van der Waals surface area contributed by atoms with Gasteiger partial charge in [0.15, 0.2) is 0 Å². The van der Waals surface area contributed by atoms with Crippen LogP contribution in [0.15, 0.2) is 42.7 Å². The van der Waals surface area contributed by atoms with Crippen molar-refractivity contribution in [3.63, 3.8) is 0 Å². The summed E-state index contributed by atoms with van der Waals surface area (Å²) in [7, 11) is 1.95. The average Bonchev–Trinajstić information content (AvgIpc) is 2.50. The first-order chi connectivity index (χ1) is 10.5. The molecular weight excluding hydrogens is 274 g/mol. The van der Waals surface area contributed by atoms with Gasteiger partial charge in [-0.3, -0.25) is 14.7 Å². The van der Waals surface area contributed by atoms with Gasteiger partial charge in [0, 0.05) is 24.1 Å². The number of amides is 1. The summed E-state index contributed by atoms with van der Waals surface area (Å²) in [6.07, 6.45) is 3.55. The first-order valence-electron chi connectivity index (χ1n) is 7.44. The van der Waals surface area contributed by atoms with Gasteiger partial charge in [-0.25, -0.2) is 0 Å². The van der Waals surface area contributed by atoms with Crippen LogP contribution in [0.1, 0.15) is 29.7 Å². The molecule has 0 aliphatic heterocycles. The number of carbonyl (C=O) groups excluding carboxylic acids is 1. The maximum absolute atomic E-state index is 12.2. The molecule has 0 saturated carbocycles. The molecule has 4 heteroatoms. The van der Waals surface area contributed by atoms with Gasteiger partial charge < -0.3 is 5.32 Å². The number of nitrogens with one attached hydrogen (secondary N) is 1. The van der Waals surface area contributed by atoms with Gasteiger partial charge in [-0.15, -0.1) is 0 Å². The van der Waals surface area contributed by atoms with Crippen molar-refractivity contribution < 1.29 is 4.79 Å². The van der Waals surface area contributed by atoms with Gasteiger partial charge >= 0.3 is 0 Å². The molecule has 1 aromatic carbocycles. The normalized spacial score (nSPS) is 12.2. The summed E-state index contributed by atoms with van der Waals surface area (Å²) in [6.45, 7) is 6.48. The van der Waals surface area contributed by atoms with Crippen molar-refractivity contribution in [2.45, 2.75) is 26.8 Å². The Kier molecular flexibility index (Phi) is 5.28. The zero-order valence-electron chi connectivity index (χ0n) is 13.6. The van der Waals surface area contributed by atoms with Gasteiger partial charge in [0.05, 0.1) is 6.54 Å². The van der Waals surface area contributed by atoms with Crippen LogP contribution in [-0.4, -0.2) is 29.4 Å². The third-order valence-corrected chi connectivity index (χ3v) is 3.90. The van der Waals surface area contributed by atoms with Crippen molar-refractivity contribution in [3.05, 3.63) is 59.4 Å². The van der Waals surface area contributed by atoms with Gasteiger partial charge in [0.1, 0.15) is 0 Å². The molecule has 1 unspecified atom stereocenters. The van der Waals surface area contributed by atoms with E-state index in [-0.39, 0.29) is 11.9 Å². The van der Waals surface area contributed by atoms with Crippen molar-refractivity contribution in [2.75, 3.05) is 18.9 Å². The van der Waals surface area contributed by atoms with Gasteiger partial charge in [-0.1, -0.05) is 17.7 Å². The van der Waals surface area contributed by atoms with E-state index < -0.39 is 0 Å². The predicted molar refractivity (Wildman–Crippen MR) is 89.8 cm³/mol. The summed E-state index contributed by atoms with van der Waals surface area (Å²) in [4.78, 5) is 18.3. The molecule has 116 valence electrons. The lowest BCUT2D eigenvalue weighted by atomic mass is 10.1. The summed E-state index contributed by atoms with van der Waals surface area (Å²) < 4.78 is 0. The molecule has 0 aliphatic rings. The fourth-order valence-electron chi connectivity index (χ4n) is 2.40. The number of hydrogen-bond donors (Lipinski definition) is 1. The number of benzene rings is 1. The molecule has 0 fully saturated rings. The molecule has 4 nitrogen and oxygen atoms in total. The Balaban J connectivity index is 1.96. The molecule has 0 bridgehead atoms. The van der Waals surface area contributed by atoms with Crippen LogP contribution < -0.4 is 5.32 Å². The number of nitrogens with zero attached hydrogens (tertiary/aromatic N) is 2. The first-order valence-corrected chi connectivity index (χ1v) is 7.44. The highest BCUT2D eigenvalue weighted by Crippen LogP contribution is 2.19. The lowest BCUT2D eigenvalue weighted by Crippen LogP contribution is -2.32. The maximum Gasteiger partial charge on any atom is 0.238 e. The Bertz CT molecular complexity index is 640. The van der Waals surface area contributed by atoms with E-state index in [1.807, 2.05) is 50.1 Å².